The Labute approximate surface area is 138 Å². The quantitative estimate of drug-likeness (QED) is 0.800. The van der Waals surface area contributed by atoms with Crippen LogP contribution in [0.2, 0.25) is 0 Å². The van der Waals surface area contributed by atoms with Gasteiger partial charge in [-0.05, 0) is 26.2 Å². The smallest absolute Gasteiger partial charge is 0.156 e. The standard InChI is InChI=1S/C17H27N3O3/c1-3-23-14-4-7-20(8-5-14)17-10-15(13-6-9-22-11-13)18-16(19-17)12-21-2/h10,13-14H,3-9,11-12H2,1-2H3/t13-/m1/s1. The summed E-state index contributed by atoms with van der Waals surface area (Å²) in [5.41, 5.74) is 1.09. The van der Waals surface area contributed by atoms with E-state index in [9.17, 15) is 0 Å². The van der Waals surface area contributed by atoms with Crippen LogP contribution in [-0.2, 0) is 20.8 Å². The van der Waals surface area contributed by atoms with E-state index >= 15 is 0 Å². The molecule has 3 heterocycles. The molecule has 0 unspecified atom stereocenters. The Balaban J connectivity index is 1.75. The van der Waals surface area contributed by atoms with E-state index in [4.69, 9.17) is 19.2 Å². The zero-order valence-electron chi connectivity index (χ0n) is 14.2. The number of anilines is 1. The van der Waals surface area contributed by atoms with Crippen molar-refractivity contribution in [2.24, 2.45) is 0 Å². The third-order valence-electron chi connectivity index (χ3n) is 4.57. The maximum absolute atomic E-state index is 5.74. The van der Waals surface area contributed by atoms with Gasteiger partial charge in [0.2, 0.25) is 0 Å². The van der Waals surface area contributed by atoms with Crippen molar-refractivity contribution in [2.75, 3.05) is 44.9 Å². The fourth-order valence-corrected chi connectivity index (χ4v) is 3.32. The molecular formula is C17H27N3O3. The number of nitrogens with zero attached hydrogens (tertiary/aromatic N) is 3. The van der Waals surface area contributed by atoms with E-state index in [0.717, 1.165) is 69.5 Å². The van der Waals surface area contributed by atoms with E-state index in [2.05, 4.69) is 22.9 Å². The highest BCUT2D eigenvalue weighted by Crippen LogP contribution is 2.27. The van der Waals surface area contributed by atoms with Crippen LogP contribution in [0.25, 0.3) is 0 Å². The van der Waals surface area contributed by atoms with Gasteiger partial charge in [-0.2, -0.15) is 0 Å². The number of rotatable bonds is 6. The van der Waals surface area contributed by atoms with Crippen molar-refractivity contribution < 1.29 is 14.2 Å². The third kappa shape index (κ3) is 4.19. The highest BCUT2D eigenvalue weighted by atomic mass is 16.5. The average Bonchev–Trinajstić information content (AvgIpc) is 3.10. The molecule has 0 N–H and O–H groups in total. The Hall–Kier alpha value is -1.24. The van der Waals surface area contributed by atoms with Gasteiger partial charge in [0.05, 0.1) is 18.4 Å². The van der Waals surface area contributed by atoms with Crippen LogP contribution in [0.4, 0.5) is 5.82 Å². The molecule has 1 atom stereocenters. The summed E-state index contributed by atoms with van der Waals surface area (Å²) in [5, 5.41) is 0. The second kappa shape index (κ2) is 8.04. The Morgan fingerprint density at radius 3 is 2.74 bits per heavy atom. The van der Waals surface area contributed by atoms with Crippen molar-refractivity contribution in [1.82, 2.24) is 9.97 Å². The molecule has 2 saturated heterocycles. The first kappa shape index (κ1) is 16.6. The van der Waals surface area contributed by atoms with E-state index in [0.29, 0.717) is 18.6 Å². The van der Waals surface area contributed by atoms with Crippen molar-refractivity contribution >= 4 is 5.82 Å². The summed E-state index contributed by atoms with van der Waals surface area (Å²) in [4.78, 5) is 11.7. The van der Waals surface area contributed by atoms with Gasteiger partial charge < -0.3 is 19.1 Å². The second-order valence-corrected chi connectivity index (χ2v) is 6.20. The van der Waals surface area contributed by atoms with Gasteiger partial charge in [-0.15, -0.1) is 0 Å². The number of aromatic nitrogens is 2. The molecule has 1 aromatic rings. The summed E-state index contributed by atoms with van der Waals surface area (Å²) >= 11 is 0. The van der Waals surface area contributed by atoms with Crippen molar-refractivity contribution in [3.8, 4) is 0 Å². The van der Waals surface area contributed by atoms with Crippen LogP contribution >= 0.6 is 0 Å². The predicted molar refractivity (Wildman–Crippen MR) is 87.8 cm³/mol. The van der Waals surface area contributed by atoms with Gasteiger partial charge >= 0.3 is 0 Å². The number of methoxy groups -OCH3 is 1. The lowest BCUT2D eigenvalue weighted by atomic mass is 10.0. The first-order chi connectivity index (χ1) is 11.3. The van der Waals surface area contributed by atoms with E-state index in [-0.39, 0.29) is 0 Å². The minimum atomic E-state index is 0.383. The molecule has 128 valence electrons. The molecule has 23 heavy (non-hydrogen) atoms. The van der Waals surface area contributed by atoms with Crippen molar-refractivity contribution in [1.29, 1.82) is 0 Å². The topological polar surface area (TPSA) is 56.7 Å². The van der Waals surface area contributed by atoms with Crippen molar-refractivity contribution in [3.05, 3.63) is 17.6 Å². The number of hydrogen-bond donors (Lipinski definition) is 0. The van der Waals surface area contributed by atoms with Gasteiger partial charge in [-0.1, -0.05) is 0 Å². The molecule has 6 heteroatoms. The molecule has 0 saturated carbocycles. The Morgan fingerprint density at radius 1 is 1.26 bits per heavy atom. The minimum absolute atomic E-state index is 0.383. The molecule has 0 bridgehead atoms. The molecule has 1 aromatic heterocycles. The van der Waals surface area contributed by atoms with Crippen LogP contribution in [-0.4, -0.2) is 56.1 Å². The highest BCUT2D eigenvalue weighted by Gasteiger charge is 2.24. The van der Waals surface area contributed by atoms with E-state index in [1.54, 1.807) is 7.11 Å². The lowest BCUT2D eigenvalue weighted by Gasteiger charge is -2.33. The Morgan fingerprint density at radius 2 is 2.09 bits per heavy atom. The Kier molecular flexibility index (Phi) is 5.80. The third-order valence-corrected chi connectivity index (χ3v) is 4.57. The molecule has 6 nitrogen and oxygen atoms in total. The fourth-order valence-electron chi connectivity index (χ4n) is 3.32. The molecule has 0 amide bonds. The lowest BCUT2D eigenvalue weighted by Crippen LogP contribution is -2.37. The zero-order valence-corrected chi connectivity index (χ0v) is 14.2. The summed E-state index contributed by atoms with van der Waals surface area (Å²) in [7, 11) is 1.68. The van der Waals surface area contributed by atoms with Gasteiger partial charge in [-0.25, -0.2) is 9.97 Å². The highest BCUT2D eigenvalue weighted by molar-refractivity contribution is 5.41. The van der Waals surface area contributed by atoms with E-state index in [1.165, 1.54) is 0 Å². The molecule has 2 aliphatic rings. The number of piperidine rings is 1. The van der Waals surface area contributed by atoms with Crippen LogP contribution in [0.15, 0.2) is 6.07 Å². The SMILES string of the molecule is CCOC1CCN(c2cc([C@@H]3CCOC3)nc(COC)n2)CC1. The van der Waals surface area contributed by atoms with Crippen LogP contribution in [0.1, 0.15) is 43.6 Å². The number of ether oxygens (including phenoxy) is 3. The summed E-state index contributed by atoms with van der Waals surface area (Å²) in [6.07, 6.45) is 3.53. The largest absolute Gasteiger partial charge is 0.381 e. The monoisotopic (exact) mass is 321 g/mol. The van der Waals surface area contributed by atoms with Crippen molar-refractivity contribution in [3.63, 3.8) is 0 Å². The van der Waals surface area contributed by atoms with E-state index in [1.807, 2.05) is 0 Å². The van der Waals surface area contributed by atoms with Gasteiger partial charge in [0.15, 0.2) is 5.82 Å². The minimum Gasteiger partial charge on any atom is -0.381 e. The fraction of sp³-hybridized carbons (Fsp3) is 0.765. The molecule has 0 aliphatic carbocycles. The van der Waals surface area contributed by atoms with Gasteiger partial charge in [-0.3, -0.25) is 0 Å². The molecule has 0 spiro atoms. The van der Waals surface area contributed by atoms with Crippen LogP contribution in [0.5, 0.6) is 0 Å². The summed E-state index contributed by atoms with van der Waals surface area (Å²) < 4.78 is 16.5. The van der Waals surface area contributed by atoms with Crippen LogP contribution in [0.3, 0.4) is 0 Å². The van der Waals surface area contributed by atoms with Crippen molar-refractivity contribution in [2.45, 2.75) is 44.8 Å². The van der Waals surface area contributed by atoms with Crippen LogP contribution < -0.4 is 4.90 Å². The summed E-state index contributed by atoms with van der Waals surface area (Å²) in [6.45, 7) is 6.84. The molecule has 2 fully saturated rings. The summed E-state index contributed by atoms with van der Waals surface area (Å²) in [5.74, 6) is 2.16. The Bertz CT molecular complexity index is 498. The first-order valence-corrected chi connectivity index (χ1v) is 8.61. The molecule has 3 rings (SSSR count). The van der Waals surface area contributed by atoms with Gasteiger partial charge in [0.1, 0.15) is 12.4 Å². The summed E-state index contributed by atoms with van der Waals surface area (Å²) in [6, 6.07) is 2.14. The maximum atomic E-state index is 5.74. The second-order valence-electron chi connectivity index (χ2n) is 6.20. The predicted octanol–water partition coefficient (Wildman–Crippen LogP) is 2.13. The van der Waals surface area contributed by atoms with Gasteiger partial charge in [0.25, 0.3) is 0 Å². The molecule has 0 radical (unpaired) electrons. The molecule has 2 aliphatic heterocycles. The first-order valence-electron chi connectivity index (χ1n) is 8.61. The zero-order chi connectivity index (χ0) is 16.1. The number of hydrogen-bond acceptors (Lipinski definition) is 6. The van der Waals surface area contributed by atoms with Gasteiger partial charge in [0, 0.05) is 45.4 Å². The lowest BCUT2D eigenvalue weighted by molar-refractivity contribution is 0.0458. The maximum Gasteiger partial charge on any atom is 0.156 e. The molecular weight excluding hydrogens is 294 g/mol. The normalized spacial score (nSPS) is 22.7. The van der Waals surface area contributed by atoms with E-state index < -0.39 is 0 Å². The molecule has 0 aromatic carbocycles. The average molecular weight is 321 g/mol. The van der Waals surface area contributed by atoms with Crippen LogP contribution in [0, 0.1) is 0 Å².